The maximum atomic E-state index is 12.4. The van der Waals surface area contributed by atoms with Gasteiger partial charge in [-0.15, -0.1) is 11.3 Å². The van der Waals surface area contributed by atoms with Crippen LogP contribution in [-0.4, -0.2) is 51.9 Å². The second kappa shape index (κ2) is 8.64. The molecule has 7 nitrogen and oxygen atoms in total. The van der Waals surface area contributed by atoms with Gasteiger partial charge in [0.2, 0.25) is 0 Å². The third-order valence-electron chi connectivity index (χ3n) is 4.67. The first-order chi connectivity index (χ1) is 13.7. The minimum absolute atomic E-state index is 0.163. The number of ether oxygens (including phenoxy) is 1. The number of morpholine rings is 1. The lowest BCUT2D eigenvalue weighted by Gasteiger charge is -2.26. The summed E-state index contributed by atoms with van der Waals surface area (Å²) in [4.78, 5) is 19.2. The lowest BCUT2D eigenvalue weighted by molar-refractivity contribution is 0.0342. The van der Waals surface area contributed by atoms with Crippen molar-refractivity contribution in [2.24, 2.45) is 7.05 Å². The number of aromatic nitrogens is 3. The van der Waals surface area contributed by atoms with Crippen molar-refractivity contribution in [3.8, 4) is 10.6 Å². The number of aryl methyl sites for hydroxylation is 1. The number of hydrogen-bond donors (Lipinski definition) is 1. The van der Waals surface area contributed by atoms with Crippen molar-refractivity contribution in [2.75, 3.05) is 26.3 Å². The van der Waals surface area contributed by atoms with E-state index in [9.17, 15) is 4.79 Å². The fourth-order valence-electron chi connectivity index (χ4n) is 3.10. The van der Waals surface area contributed by atoms with Gasteiger partial charge in [-0.25, -0.2) is 4.98 Å². The van der Waals surface area contributed by atoms with Crippen molar-refractivity contribution in [1.82, 2.24) is 25.0 Å². The maximum Gasteiger partial charge on any atom is 0.271 e. The molecule has 1 N–H and O–H groups in total. The molecule has 4 rings (SSSR count). The van der Waals surface area contributed by atoms with E-state index in [1.165, 1.54) is 16.9 Å². The van der Waals surface area contributed by atoms with Crippen LogP contribution in [-0.2, 0) is 24.9 Å². The normalized spacial score (nSPS) is 14.9. The molecule has 0 atom stereocenters. The number of nitrogens with zero attached hydrogens (tertiary/aromatic N) is 4. The van der Waals surface area contributed by atoms with E-state index in [2.05, 4.69) is 44.6 Å². The first-order valence-corrected chi connectivity index (χ1v) is 10.2. The van der Waals surface area contributed by atoms with Crippen LogP contribution < -0.4 is 5.32 Å². The van der Waals surface area contributed by atoms with Crippen molar-refractivity contribution >= 4 is 17.2 Å². The Hall–Kier alpha value is -2.55. The van der Waals surface area contributed by atoms with Crippen LogP contribution in [0.25, 0.3) is 10.6 Å². The second-order valence-corrected chi connectivity index (χ2v) is 7.69. The summed E-state index contributed by atoms with van der Waals surface area (Å²) in [6, 6.07) is 8.39. The Bertz CT molecular complexity index is 928. The van der Waals surface area contributed by atoms with Crippen LogP contribution in [0.1, 0.15) is 21.6 Å². The highest BCUT2D eigenvalue weighted by Gasteiger charge is 2.13. The fraction of sp³-hybridized carbons (Fsp3) is 0.350. The lowest BCUT2D eigenvalue weighted by atomic mass is 10.1. The molecule has 1 fully saturated rings. The summed E-state index contributed by atoms with van der Waals surface area (Å²) in [5, 5.41) is 9.66. The van der Waals surface area contributed by atoms with Crippen LogP contribution in [0.3, 0.4) is 0 Å². The van der Waals surface area contributed by atoms with Gasteiger partial charge in [0, 0.05) is 50.4 Å². The third kappa shape index (κ3) is 4.64. The van der Waals surface area contributed by atoms with Crippen LogP contribution in [0.4, 0.5) is 0 Å². The van der Waals surface area contributed by atoms with Gasteiger partial charge in [-0.2, -0.15) is 5.10 Å². The molecular formula is C20H23N5O2S. The highest BCUT2D eigenvalue weighted by Crippen LogP contribution is 2.22. The van der Waals surface area contributed by atoms with Gasteiger partial charge in [-0.1, -0.05) is 24.3 Å². The zero-order valence-electron chi connectivity index (χ0n) is 15.8. The Morgan fingerprint density at radius 2 is 1.96 bits per heavy atom. The van der Waals surface area contributed by atoms with Crippen molar-refractivity contribution in [3.63, 3.8) is 0 Å². The minimum Gasteiger partial charge on any atom is -0.379 e. The minimum atomic E-state index is -0.163. The predicted octanol–water partition coefficient (Wildman–Crippen LogP) is 2.31. The molecule has 2 aromatic heterocycles. The lowest BCUT2D eigenvalue weighted by Crippen LogP contribution is -2.35. The number of amides is 1. The van der Waals surface area contributed by atoms with Gasteiger partial charge in [0.1, 0.15) is 10.7 Å². The zero-order valence-corrected chi connectivity index (χ0v) is 16.6. The number of nitrogens with one attached hydrogen (secondary N) is 1. The summed E-state index contributed by atoms with van der Waals surface area (Å²) in [7, 11) is 1.86. The zero-order chi connectivity index (χ0) is 19.3. The van der Waals surface area contributed by atoms with Gasteiger partial charge >= 0.3 is 0 Å². The second-order valence-electron chi connectivity index (χ2n) is 6.83. The highest BCUT2D eigenvalue weighted by atomic mass is 32.1. The number of carbonyl (C=O) groups excluding carboxylic acids is 1. The van der Waals surface area contributed by atoms with Gasteiger partial charge in [-0.05, 0) is 11.1 Å². The Labute approximate surface area is 168 Å². The molecule has 8 heteroatoms. The number of carbonyl (C=O) groups is 1. The number of rotatable bonds is 6. The molecule has 1 aromatic carbocycles. The monoisotopic (exact) mass is 397 g/mol. The third-order valence-corrected chi connectivity index (χ3v) is 5.57. The van der Waals surface area contributed by atoms with Crippen molar-refractivity contribution in [2.45, 2.75) is 13.1 Å². The molecule has 1 amide bonds. The molecule has 0 radical (unpaired) electrons. The van der Waals surface area contributed by atoms with Gasteiger partial charge in [-0.3, -0.25) is 14.4 Å². The van der Waals surface area contributed by atoms with E-state index in [0.717, 1.165) is 49.0 Å². The van der Waals surface area contributed by atoms with Gasteiger partial charge in [0.05, 0.1) is 19.4 Å². The van der Waals surface area contributed by atoms with Crippen LogP contribution in [0.2, 0.25) is 0 Å². The standard InChI is InChI=1S/C20H23N5O2S/c1-24-13-17(11-22-24)20-23-18(14-28-20)19(26)21-10-15-2-4-16(5-3-15)12-25-6-8-27-9-7-25/h2-5,11,13-14H,6-10,12H2,1H3,(H,21,26). The molecule has 0 saturated carbocycles. The van der Waals surface area contributed by atoms with Gasteiger partial charge in [0.15, 0.2) is 0 Å². The summed E-state index contributed by atoms with van der Waals surface area (Å²) < 4.78 is 7.11. The first-order valence-electron chi connectivity index (χ1n) is 9.28. The average molecular weight is 398 g/mol. The number of thiazole rings is 1. The molecule has 3 heterocycles. The van der Waals surface area contributed by atoms with E-state index in [0.29, 0.717) is 12.2 Å². The summed E-state index contributed by atoms with van der Waals surface area (Å²) in [6.07, 6.45) is 3.64. The molecule has 28 heavy (non-hydrogen) atoms. The average Bonchev–Trinajstić information content (AvgIpc) is 3.37. The van der Waals surface area contributed by atoms with E-state index < -0.39 is 0 Å². The maximum absolute atomic E-state index is 12.4. The molecule has 3 aromatic rings. The van der Waals surface area contributed by atoms with Crippen LogP contribution in [0.15, 0.2) is 42.0 Å². The molecule has 146 valence electrons. The summed E-state index contributed by atoms with van der Waals surface area (Å²) in [6.45, 7) is 4.99. The van der Waals surface area contributed by atoms with E-state index in [1.807, 2.05) is 13.2 Å². The van der Waals surface area contributed by atoms with E-state index in [4.69, 9.17) is 4.74 Å². The molecule has 1 aliphatic heterocycles. The summed E-state index contributed by atoms with van der Waals surface area (Å²) in [5.74, 6) is -0.163. The molecule has 0 aliphatic carbocycles. The highest BCUT2D eigenvalue weighted by molar-refractivity contribution is 7.13. The fourth-order valence-corrected chi connectivity index (χ4v) is 3.87. The van der Waals surface area contributed by atoms with Crippen molar-refractivity contribution in [3.05, 3.63) is 58.9 Å². The molecule has 0 bridgehead atoms. The smallest absolute Gasteiger partial charge is 0.271 e. The molecule has 0 spiro atoms. The van der Waals surface area contributed by atoms with E-state index in [1.54, 1.807) is 16.3 Å². The van der Waals surface area contributed by atoms with E-state index in [-0.39, 0.29) is 5.91 Å². The first kappa shape index (κ1) is 18.8. The van der Waals surface area contributed by atoms with Crippen LogP contribution in [0.5, 0.6) is 0 Å². The van der Waals surface area contributed by atoms with Gasteiger partial charge < -0.3 is 10.1 Å². The molecule has 1 saturated heterocycles. The largest absolute Gasteiger partial charge is 0.379 e. The molecule has 0 unspecified atom stereocenters. The Balaban J connectivity index is 1.30. The topological polar surface area (TPSA) is 72.3 Å². The summed E-state index contributed by atoms with van der Waals surface area (Å²) in [5.41, 5.74) is 3.70. The Morgan fingerprint density at radius 3 is 2.68 bits per heavy atom. The number of benzene rings is 1. The predicted molar refractivity (Wildman–Crippen MR) is 108 cm³/mol. The Kier molecular flexibility index (Phi) is 5.80. The van der Waals surface area contributed by atoms with Crippen LogP contribution in [0, 0.1) is 0 Å². The molecule has 1 aliphatic rings. The SMILES string of the molecule is Cn1cc(-c2nc(C(=O)NCc3ccc(CN4CCOCC4)cc3)cs2)cn1. The van der Waals surface area contributed by atoms with Gasteiger partial charge in [0.25, 0.3) is 5.91 Å². The summed E-state index contributed by atoms with van der Waals surface area (Å²) >= 11 is 1.45. The quantitative estimate of drug-likeness (QED) is 0.691. The van der Waals surface area contributed by atoms with E-state index >= 15 is 0 Å². The number of hydrogen-bond acceptors (Lipinski definition) is 6. The van der Waals surface area contributed by atoms with Crippen molar-refractivity contribution < 1.29 is 9.53 Å². The van der Waals surface area contributed by atoms with Crippen molar-refractivity contribution in [1.29, 1.82) is 0 Å². The van der Waals surface area contributed by atoms with Crippen LogP contribution >= 0.6 is 11.3 Å². The molecular weight excluding hydrogens is 374 g/mol. The Morgan fingerprint density at radius 1 is 1.21 bits per heavy atom.